The molecule has 1 saturated carbocycles. The minimum Gasteiger partial charge on any atom is -0.342 e. The summed E-state index contributed by atoms with van der Waals surface area (Å²) < 4.78 is 0. The van der Waals surface area contributed by atoms with Crippen LogP contribution in [0.2, 0.25) is 0 Å². The van der Waals surface area contributed by atoms with E-state index in [9.17, 15) is 4.79 Å². The fourth-order valence-corrected chi connectivity index (χ4v) is 4.30. The van der Waals surface area contributed by atoms with E-state index in [0.717, 1.165) is 45.2 Å². The van der Waals surface area contributed by atoms with Gasteiger partial charge >= 0.3 is 0 Å². The van der Waals surface area contributed by atoms with Crippen molar-refractivity contribution in [2.24, 2.45) is 11.7 Å². The summed E-state index contributed by atoms with van der Waals surface area (Å²) in [6.45, 7) is 6.85. The fraction of sp³-hybridized carbons (Fsp3) is 0.650. The summed E-state index contributed by atoms with van der Waals surface area (Å²) >= 11 is 0. The second-order valence-electron chi connectivity index (χ2n) is 7.71. The Morgan fingerprint density at radius 3 is 2.38 bits per heavy atom. The third-order valence-corrected chi connectivity index (χ3v) is 5.90. The van der Waals surface area contributed by atoms with Crippen LogP contribution in [0.25, 0.3) is 0 Å². The van der Waals surface area contributed by atoms with Crippen LogP contribution in [-0.2, 0) is 10.2 Å². The molecule has 1 aromatic carbocycles. The summed E-state index contributed by atoms with van der Waals surface area (Å²) in [6.07, 6.45) is 5.37. The third kappa shape index (κ3) is 3.48. The predicted octanol–water partition coefficient (Wildman–Crippen LogP) is 3.85. The highest BCUT2D eigenvalue weighted by Gasteiger charge is 2.46. The Hall–Kier alpha value is -1.06. The number of hydrogen-bond acceptors (Lipinski definition) is 2. The first-order valence-corrected chi connectivity index (χ1v) is 9.17. The van der Waals surface area contributed by atoms with Crippen molar-refractivity contribution >= 4 is 18.3 Å². The highest BCUT2D eigenvalue weighted by atomic mass is 35.5. The van der Waals surface area contributed by atoms with Crippen molar-refractivity contribution in [1.29, 1.82) is 0 Å². The average molecular weight is 351 g/mol. The van der Waals surface area contributed by atoms with E-state index in [0.29, 0.717) is 24.3 Å². The van der Waals surface area contributed by atoms with Crippen molar-refractivity contribution in [3.05, 3.63) is 35.4 Å². The predicted molar refractivity (Wildman–Crippen MR) is 102 cm³/mol. The van der Waals surface area contributed by atoms with E-state index < -0.39 is 0 Å². The summed E-state index contributed by atoms with van der Waals surface area (Å²) in [5, 5.41) is 0. The maximum atomic E-state index is 13.3. The molecule has 3 rings (SSSR count). The lowest BCUT2D eigenvalue weighted by atomic mass is 9.77. The molecule has 2 aliphatic rings. The molecule has 0 aromatic heterocycles. The van der Waals surface area contributed by atoms with Crippen LogP contribution in [0.4, 0.5) is 0 Å². The van der Waals surface area contributed by atoms with Crippen LogP contribution in [0.5, 0.6) is 0 Å². The van der Waals surface area contributed by atoms with Gasteiger partial charge < -0.3 is 10.6 Å². The van der Waals surface area contributed by atoms with Gasteiger partial charge in [-0.05, 0) is 48.8 Å². The zero-order chi connectivity index (χ0) is 16.4. The number of likely N-dealkylation sites (tertiary alicyclic amines) is 1. The Balaban J connectivity index is 0.00000208. The SMILES string of the molecule is CC(C)c1ccc(C2(C(=O)N3CCC(CN)C3)CCCC2)cc1.Cl. The van der Waals surface area contributed by atoms with E-state index in [2.05, 4.69) is 43.0 Å². The standard InChI is InChI=1S/C20H30N2O.ClH/c1-15(2)17-5-7-18(8-6-17)20(10-3-4-11-20)19(23)22-12-9-16(13-21)14-22;/h5-8,15-16H,3-4,9-14,21H2,1-2H3;1H. The summed E-state index contributed by atoms with van der Waals surface area (Å²) in [7, 11) is 0. The monoisotopic (exact) mass is 350 g/mol. The normalized spacial score (nSPS) is 22.7. The molecule has 1 heterocycles. The Bertz CT molecular complexity index is 549. The number of hydrogen-bond donors (Lipinski definition) is 1. The smallest absolute Gasteiger partial charge is 0.233 e. The number of nitrogens with two attached hydrogens (primary N) is 1. The van der Waals surface area contributed by atoms with Crippen LogP contribution >= 0.6 is 12.4 Å². The molecule has 1 saturated heterocycles. The highest BCUT2D eigenvalue weighted by Crippen LogP contribution is 2.43. The lowest BCUT2D eigenvalue weighted by Crippen LogP contribution is -2.44. The molecule has 0 bridgehead atoms. The Kier molecular flexibility index (Phi) is 6.33. The topological polar surface area (TPSA) is 46.3 Å². The second kappa shape index (κ2) is 7.88. The summed E-state index contributed by atoms with van der Waals surface area (Å²) in [5.74, 6) is 1.37. The molecule has 1 aliphatic heterocycles. The van der Waals surface area contributed by atoms with Gasteiger partial charge in [0.05, 0.1) is 5.41 Å². The molecule has 134 valence electrons. The van der Waals surface area contributed by atoms with E-state index >= 15 is 0 Å². The van der Waals surface area contributed by atoms with Crippen LogP contribution in [0, 0.1) is 5.92 Å². The fourth-order valence-electron chi connectivity index (χ4n) is 4.30. The van der Waals surface area contributed by atoms with Gasteiger partial charge in [0.15, 0.2) is 0 Å². The zero-order valence-corrected chi connectivity index (χ0v) is 15.8. The molecule has 1 atom stereocenters. The zero-order valence-electron chi connectivity index (χ0n) is 15.0. The quantitative estimate of drug-likeness (QED) is 0.896. The molecule has 24 heavy (non-hydrogen) atoms. The van der Waals surface area contributed by atoms with E-state index in [1.54, 1.807) is 0 Å². The van der Waals surface area contributed by atoms with E-state index in [1.807, 2.05) is 0 Å². The van der Waals surface area contributed by atoms with E-state index in [4.69, 9.17) is 5.73 Å². The van der Waals surface area contributed by atoms with Crippen LogP contribution < -0.4 is 5.73 Å². The molecule has 0 radical (unpaired) electrons. The maximum Gasteiger partial charge on any atom is 0.233 e. The van der Waals surface area contributed by atoms with Crippen molar-refractivity contribution in [3.63, 3.8) is 0 Å². The Labute approximate surface area is 152 Å². The largest absolute Gasteiger partial charge is 0.342 e. The molecular formula is C20H31ClN2O. The molecule has 1 aliphatic carbocycles. The minimum atomic E-state index is -0.279. The molecule has 0 spiro atoms. The molecular weight excluding hydrogens is 320 g/mol. The maximum absolute atomic E-state index is 13.3. The molecule has 1 aromatic rings. The van der Waals surface area contributed by atoms with Gasteiger partial charge in [0.1, 0.15) is 0 Å². The first-order chi connectivity index (χ1) is 11.1. The molecule has 1 amide bonds. The van der Waals surface area contributed by atoms with Gasteiger partial charge in [0, 0.05) is 13.1 Å². The number of amides is 1. The van der Waals surface area contributed by atoms with Crippen molar-refractivity contribution in [2.75, 3.05) is 19.6 Å². The lowest BCUT2D eigenvalue weighted by Gasteiger charge is -2.33. The first kappa shape index (κ1) is 19.3. The van der Waals surface area contributed by atoms with Crippen LogP contribution in [-0.4, -0.2) is 30.4 Å². The molecule has 1 unspecified atom stereocenters. The van der Waals surface area contributed by atoms with Crippen LogP contribution in [0.3, 0.4) is 0 Å². The molecule has 2 N–H and O–H groups in total. The van der Waals surface area contributed by atoms with Crippen molar-refractivity contribution in [1.82, 2.24) is 4.90 Å². The summed E-state index contributed by atoms with van der Waals surface area (Å²) in [5.41, 5.74) is 8.09. The van der Waals surface area contributed by atoms with Crippen molar-refractivity contribution < 1.29 is 4.79 Å². The number of rotatable bonds is 4. The second-order valence-corrected chi connectivity index (χ2v) is 7.71. The van der Waals surface area contributed by atoms with Gasteiger partial charge in [0.2, 0.25) is 5.91 Å². The summed E-state index contributed by atoms with van der Waals surface area (Å²) in [4.78, 5) is 15.4. The third-order valence-electron chi connectivity index (χ3n) is 5.90. The molecule has 2 fully saturated rings. The van der Waals surface area contributed by atoms with E-state index in [1.165, 1.54) is 11.1 Å². The Morgan fingerprint density at radius 2 is 1.88 bits per heavy atom. The number of benzene rings is 1. The van der Waals surface area contributed by atoms with Gasteiger partial charge in [-0.15, -0.1) is 12.4 Å². The number of carbonyl (C=O) groups is 1. The number of nitrogens with zero attached hydrogens (tertiary/aromatic N) is 1. The first-order valence-electron chi connectivity index (χ1n) is 9.17. The molecule has 3 nitrogen and oxygen atoms in total. The molecule has 4 heteroatoms. The van der Waals surface area contributed by atoms with Crippen molar-refractivity contribution in [2.45, 2.75) is 57.3 Å². The van der Waals surface area contributed by atoms with Crippen molar-refractivity contribution in [3.8, 4) is 0 Å². The minimum absolute atomic E-state index is 0. The van der Waals surface area contributed by atoms with E-state index in [-0.39, 0.29) is 17.8 Å². The van der Waals surface area contributed by atoms with Crippen LogP contribution in [0.1, 0.15) is 63.0 Å². The van der Waals surface area contributed by atoms with Gasteiger partial charge in [-0.3, -0.25) is 4.79 Å². The summed E-state index contributed by atoms with van der Waals surface area (Å²) in [6, 6.07) is 8.82. The number of halogens is 1. The van der Waals surface area contributed by atoms with Gasteiger partial charge in [-0.25, -0.2) is 0 Å². The van der Waals surface area contributed by atoms with Gasteiger partial charge in [-0.1, -0.05) is 51.0 Å². The van der Waals surface area contributed by atoms with Gasteiger partial charge in [0.25, 0.3) is 0 Å². The van der Waals surface area contributed by atoms with Crippen LogP contribution in [0.15, 0.2) is 24.3 Å². The van der Waals surface area contributed by atoms with Gasteiger partial charge in [-0.2, -0.15) is 0 Å². The Morgan fingerprint density at radius 1 is 1.25 bits per heavy atom. The highest BCUT2D eigenvalue weighted by molar-refractivity contribution is 5.89. The lowest BCUT2D eigenvalue weighted by molar-refractivity contribution is -0.136. The number of carbonyl (C=O) groups excluding carboxylic acids is 1. The average Bonchev–Trinajstić information content (AvgIpc) is 3.24.